The van der Waals surface area contributed by atoms with Gasteiger partial charge in [-0.25, -0.2) is 9.36 Å². The first-order valence-corrected chi connectivity index (χ1v) is 10.6. The Morgan fingerprint density at radius 2 is 2.00 bits per heavy atom. The number of nitrogens with zero attached hydrogens (tertiary/aromatic N) is 5. The first-order chi connectivity index (χ1) is 16.3. The maximum absolute atomic E-state index is 13.8. The smallest absolute Gasteiger partial charge is 0.410 e. The van der Waals surface area contributed by atoms with Crippen LogP contribution in [0.5, 0.6) is 0 Å². The lowest BCUT2D eigenvalue weighted by Crippen LogP contribution is -2.36. The molecule has 1 aliphatic rings. The molecule has 11 heteroatoms. The van der Waals surface area contributed by atoms with Crippen molar-refractivity contribution in [2.45, 2.75) is 31.2 Å². The standard InChI is InChI=1S/C23H21F3N6O2/c1-30(14-15-5-7-16(8-6-15)31-10-3-9-27-31)22(33)17-13-28-32-20(23(24,25)26)12-18(29-21(17)32)19-4-2-11-34-19/h2-11,13,18,20,29H,12,14H2,1H3/t18-,20-/m1/s1. The third-order valence-corrected chi connectivity index (χ3v) is 5.83. The van der Waals surface area contributed by atoms with E-state index in [0.29, 0.717) is 5.76 Å². The third-order valence-electron chi connectivity index (χ3n) is 5.83. The summed E-state index contributed by atoms with van der Waals surface area (Å²) in [5, 5.41) is 11.1. The van der Waals surface area contributed by atoms with Crippen molar-refractivity contribution in [3.63, 3.8) is 0 Å². The lowest BCUT2D eigenvalue weighted by atomic mass is 10.0. The zero-order chi connectivity index (χ0) is 23.9. The first kappa shape index (κ1) is 21.8. The Labute approximate surface area is 192 Å². The minimum atomic E-state index is -4.53. The number of carbonyl (C=O) groups is 1. The molecule has 0 fully saturated rings. The average Bonchev–Trinajstić information content (AvgIpc) is 3.59. The van der Waals surface area contributed by atoms with Crippen molar-refractivity contribution >= 4 is 11.7 Å². The van der Waals surface area contributed by atoms with Crippen LogP contribution in [0.3, 0.4) is 0 Å². The van der Waals surface area contributed by atoms with E-state index in [1.807, 2.05) is 36.5 Å². The highest BCUT2D eigenvalue weighted by atomic mass is 19.4. The summed E-state index contributed by atoms with van der Waals surface area (Å²) in [5.74, 6) is -0.0440. The van der Waals surface area contributed by atoms with E-state index in [9.17, 15) is 18.0 Å². The second-order valence-corrected chi connectivity index (χ2v) is 8.14. The highest BCUT2D eigenvalue weighted by Crippen LogP contribution is 2.44. The Bertz CT molecular complexity index is 1260. The quantitative estimate of drug-likeness (QED) is 0.461. The van der Waals surface area contributed by atoms with E-state index >= 15 is 0 Å². The summed E-state index contributed by atoms with van der Waals surface area (Å²) in [4.78, 5) is 14.6. The molecular formula is C23H21F3N6O2. The summed E-state index contributed by atoms with van der Waals surface area (Å²) in [6, 6.07) is 9.94. The summed E-state index contributed by atoms with van der Waals surface area (Å²) in [6.07, 6.45) is 1.27. The van der Waals surface area contributed by atoms with Gasteiger partial charge in [-0.05, 0) is 35.9 Å². The van der Waals surface area contributed by atoms with Crippen molar-refractivity contribution in [1.29, 1.82) is 0 Å². The van der Waals surface area contributed by atoms with Gasteiger partial charge in [-0.15, -0.1) is 0 Å². The van der Waals surface area contributed by atoms with Crippen molar-refractivity contribution in [3.8, 4) is 5.69 Å². The molecule has 0 saturated carbocycles. The number of amides is 1. The van der Waals surface area contributed by atoms with E-state index in [1.165, 1.54) is 17.4 Å². The number of halogens is 3. The molecule has 176 valence electrons. The average molecular weight is 470 g/mol. The van der Waals surface area contributed by atoms with Gasteiger partial charge < -0.3 is 14.6 Å². The van der Waals surface area contributed by atoms with Gasteiger partial charge in [0, 0.05) is 32.4 Å². The molecule has 0 bridgehead atoms. The molecule has 4 heterocycles. The Hall–Kier alpha value is -4.02. The highest BCUT2D eigenvalue weighted by Gasteiger charge is 2.47. The molecule has 5 rings (SSSR count). The van der Waals surface area contributed by atoms with E-state index in [1.54, 1.807) is 30.1 Å². The summed E-state index contributed by atoms with van der Waals surface area (Å²) >= 11 is 0. The number of alkyl halides is 3. The summed E-state index contributed by atoms with van der Waals surface area (Å²) in [6.45, 7) is 0.271. The highest BCUT2D eigenvalue weighted by molar-refractivity contribution is 5.98. The van der Waals surface area contributed by atoms with Crippen molar-refractivity contribution < 1.29 is 22.4 Å². The topological polar surface area (TPSA) is 81.1 Å². The van der Waals surface area contributed by atoms with Crippen molar-refractivity contribution in [2.24, 2.45) is 0 Å². The van der Waals surface area contributed by atoms with E-state index in [4.69, 9.17) is 4.42 Å². The predicted molar refractivity (Wildman–Crippen MR) is 116 cm³/mol. The van der Waals surface area contributed by atoms with Gasteiger partial charge in [-0.3, -0.25) is 4.79 Å². The Morgan fingerprint density at radius 1 is 1.21 bits per heavy atom. The van der Waals surface area contributed by atoms with Crippen LogP contribution in [-0.4, -0.2) is 43.6 Å². The molecule has 8 nitrogen and oxygen atoms in total. The lowest BCUT2D eigenvalue weighted by Gasteiger charge is -2.33. The van der Waals surface area contributed by atoms with E-state index in [-0.39, 0.29) is 24.3 Å². The molecule has 0 saturated heterocycles. The number of benzene rings is 1. The first-order valence-electron chi connectivity index (χ1n) is 10.6. The number of hydrogen-bond donors (Lipinski definition) is 1. The number of anilines is 1. The van der Waals surface area contributed by atoms with Crippen LogP contribution in [0.2, 0.25) is 0 Å². The molecule has 2 atom stereocenters. The number of furan rings is 1. The van der Waals surface area contributed by atoms with Crippen molar-refractivity contribution in [3.05, 3.63) is 84.2 Å². The molecule has 1 aromatic carbocycles. The second kappa shape index (κ2) is 8.40. The normalized spacial score (nSPS) is 17.8. The maximum Gasteiger partial charge on any atom is 0.410 e. The maximum atomic E-state index is 13.8. The number of rotatable bonds is 5. The molecule has 0 radical (unpaired) electrons. The minimum absolute atomic E-state index is 0.0286. The van der Waals surface area contributed by atoms with E-state index < -0.39 is 24.2 Å². The van der Waals surface area contributed by atoms with Crippen LogP contribution in [-0.2, 0) is 6.54 Å². The number of fused-ring (bicyclic) bond motifs is 1. The van der Waals surface area contributed by atoms with Crippen LogP contribution in [0.15, 0.2) is 71.7 Å². The van der Waals surface area contributed by atoms with Crippen LogP contribution in [0.25, 0.3) is 5.69 Å². The van der Waals surface area contributed by atoms with Gasteiger partial charge in [0.05, 0.1) is 24.2 Å². The molecule has 1 aliphatic heterocycles. The van der Waals surface area contributed by atoms with Gasteiger partial charge >= 0.3 is 6.18 Å². The van der Waals surface area contributed by atoms with Crippen LogP contribution in [0, 0.1) is 0 Å². The van der Waals surface area contributed by atoms with Crippen LogP contribution in [0.4, 0.5) is 19.0 Å². The summed E-state index contributed by atoms with van der Waals surface area (Å²) in [7, 11) is 1.60. The van der Waals surface area contributed by atoms with Crippen LogP contribution >= 0.6 is 0 Å². The predicted octanol–water partition coefficient (Wildman–Crippen LogP) is 4.59. The van der Waals surface area contributed by atoms with E-state index in [2.05, 4.69) is 15.5 Å². The molecule has 0 spiro atoms. The largest absolute Gasteiger partial charge is 0.467 e. The molecule has 1 amide bonds. The summed E-state index contributed by atoms with van der Waals surface area (Å²) < 4.78 is 49.3. The monoisotopic (exact) mass is 470 g/mol. The van der Waals surface area contributed by atoms with Gasteiger partial charge in [-0.1, -0.05) is 12.1 Å². The fraction of sp³-hybridized carbons (Fsp3) is 0.261. The summed E-state index contributed by atoms with van der Waals surface area (Å²) in [5.41, 5.74) is 1.81. The zero-order valence-corrected chi connectivity index (χ0v) is 18.1. The fourth-order valence-corrected chi connectivity index (χ4v) is 4.12. The van der Waals surface area contributed by atoms with Crippen LogP contribution < -0.4 is 5.32 Å². The molecule has 34 heavy (non-hydrogen) atoms. The van der Waals surface area contributed by atoms with E-state index in [0.717, 1.165) is 15.9 Å². The van der Waals surface area contributed by atoms with Gasteiger partial charge in [0.1, 0.15) is 17.1 Å². The molecule has 0 aliphatic carbocycles. The van der Waals surface area contributed by atoms with Crippen molar-refractivity contribution in [1.82, 2.24) is 24.5 Å². The zero-order valence-electron chi connectivity index (χ0n) is 18.1. The Morgan fingerprint density at radius 3 is 2.65 bits per heavy atom. The molecule has 0 unspecified atom stereocenters. The Kier molecular flexibility index (Phi) is 5.39. The number of nitrogens with one attached hydrogen (secondary N) is 1. The lowest BCUT2D eigenvalue weighted by molar-refractivity contribution is -0.174. The Balaban J connectivity index is 1.38. The van der Waals surface area contributed by atoms with Crippen molar-refractivity contribution in [2.75, 3.05) is 12.4 Å². The fourth-order valence-electron chi connectivity index (χ4n) is 4.12. The number of hydrogen-bond acceptors (Lipinski definition) is 5. The number of carbonyl (C=O) groups excluding carboxylic acids is 1. The second-order valence-electron chi connectivity index (χ2n) is 8.14. The van der Waals surface area contributed by atoms with Gasteiger partial charge in [-0.2, -0.15) is 23.4 Å². The van der Waals surface area contributed by atoms with Gasteiger partial charge in [0.15, 0.2) is 6.04 Å². The molecular weight excluding hydrogens is 449 g/mol. The van der Waals surface area contributed by atoms with Gasteiger partial charge in [0.25, 0.3) is 5.91 Å². The third kappa shape index (κ3) is 4.04. The molecule has 1 N–H and O–H groups in total. The van der Waals surface area contributed by atoms with Gasteiger partial charge in [0.2, 0.25) is 0 Å². The molecule has 3 aromatic heterocycles. The molecule has 4 aromatic rings. The number of aromatic nitrogens is 4. The SMILES string of the molecule is CN(Cc1ccc(-n2cccn2)cc1)C(=O)c1cnn2c1N[C@@H](c1ccco1)C[C@@H]2C(F)(F)F. The van der Waals surface area contributed by atoms with Crippen LogP contribution in [0.1, 0.15) is 40.2 Å². The minimum Gasteiger partial charge on any atom is -0.467 e.